The van der Waals surface area contributed by atoms with Crippen LogP contribution in [0.2, 0.25) is 10.0 Å². The average molecular weight is 323 g/mol. The van der Waals surface area contributed by atoms with Crippen LogP contribution >= 0.6 is 39.1 Å². The number of nitrogen functional groups attached to an aromatic ring is 1. The third kappa shape index (κ3) is 1.88. The van der Waals surface area contributed by atoms with Gasteiger partial charge in [0, 0.05) is 7.05 Å². The molecule has 0 amide bonds. The summed E-state index contributed by atoms with van der Waals surface area (Å²) in [5.74, 6) is 0.217. The van der Waals surface area contributed by atoms with Crippen LogP contribution in [0, 0.1) is 0 Å². The van der Waals surface area contributed by atoms with E-state index in [4.69, 9.17) is 28.9 Å². The van der Waals surface area contributed by atoms with Crippen molar-refractivity contribution in [2.24, 2.45) is 7.05 Å². The highest BCUT2D eigenvalue weighted by Crippen LogP contribution is 2.33. The molecule has 0 unspecified atom stereocenters. The maximum atomic E-state index is 6.04. The lowest BCUT2D eigenvalue weighted by Gasteiger charge is -2.06. The van der Waals surface area contributed by atoms with Crippen LogP contribution in [0.25, 0.3) is 11.4 Å². The van der Waals surface area contributed by atoms with Gasteiger partial charge in [-0.3, -0.25) is 0 Å². The summed E-state index contributed by atoms with van der Waals surface area (Å²) in [4.78, 5) is 4.12. The van der Waals surface area contributed by atoms with Gasteiger partial charge in [-0.1, -0.05) is 28.4 Å². The molecule has 2 N–H and O–H groups in total. The Hall–Kier alpha value is -0.850. The van der Waals surface area contributed by atoms with Crippen LogP contribution in [0.1, 0.15) is 0 Å². The van der Waals surface area contributed by atoms with Gasteiger partial charge in [0.25, 0.3) is 0 Å². The topological polar surface area (TPSA) is 69.6 Å². The predicted octanol–water partition coefficient (Wildman–Crippen LogP) is 2.53. The first kappa shape index (κ1) is 11.6. The highest BCUT2D eigenvalue weighted by Gasteiger charge is 2.17. The van der Waals surface area contributed by atoms with Crippen LogP contribution in [0.4, 0.5) is 5.82 Å². The zero-order valence-corrected chi connectivity index (χ0v) is 11.2. The van der Waals surface area contributed by atoms with E-state index < -0.39 is 0 Å². The molecule has 0 atom stereocenters. The molecule has 0 aromatic carbocycles. The van der Waals surface area contributed by atoms with Gasteiger partial charge in [0.2, 0.25) is 0 Å². The zero-order chi connectivity index (χ0) is 11.9. The lowest BCUT2D eigenvalue weighted by atomic mass is 10.3. The number of aromatic nitrogens is 4. The molecule has 5 nitrogen and oxygen atoms in total. The summed E-state index contributed by atoms with van der Waals surface area (Å²) in [6.45, 7) is 0. The molecule has 0 spiro atoms. The Balaban J connectivity index is 2.69. The van der Waals surface area contributed by atoms with E-state index in [1.807, 2.05) is 0 Å². The number of nitrogens with zero attached hydrogens (tertiary/aromatic N) is 4. The Morgan fingerprint density at radius 2 is 2.06 bits per heavy atom. The summed E-state index contributed by atoms with van der Waals surface area (Å²) in [7, 11) is 1.73. The van der Waals surface area contributed by atoms with Crippen LogP contribution < -0.4 is 5.73 Å². The molecule has 2 aromatic heterocycles. The number of hydrogen-bond donors (Lipinski definition) is 1. The highest BCUT2D eigenvalue weighted by atomic mass is 79.9. The number of anilines is 1. The fraction of sp³-hybridized carbons (Fsp3) is 0.125. The molecule has 0 saturated carbocycles. The number of pyridine rings is 1. The molecule has 0 bridgehead atoms. The van der Waals surface area contributed by atoms with Gasteiger partial charge in [-0.2, -0.15) is 0 Å². The summed E-state index contributed by atoms with van der Waals surface area (Å²) in [6.07, 6.45) is 0. The van der Waals surface area contributed by atoms with Crippen molar-refractivity contribution in [1.29, 1.82) is 0 Å². The minimum atomic E-state index is 0.217. The number of hydrogen-bond acceptors (Lipinski definition) is 4. The number of nitrogens with two attached hydrogens (primary N) is 1. The largest absolute Gasteiger partial charge is 0.382 e. The summed E-state index contributed by atoms with van der Waals surface area (Å²) in [6, 6.07) is 1.54. The van der Waals surface area contributed by atoms with Crippen molar-refractivity contribution in [3.05, 3.63) is 20.7 Å². The Labute approximate surface area is 110 Å². The van der Waals surface area contributed by atoms with Crippen molar-refractivity contribution in [3.8, 4) is 11.4 Å². The molecule has 8 heteroatoms. The fourth-order valence-electron chi connectivity index (χ4n) is 1.23. The first-order valence-electron chi connectivity index (χ1n) is 4.17. The maximum Gasteiger partial charge on any atom is 0.157 e. The third-order valence-corrected chi connectivity index (χ3v) is 3.09. The highest BCUT2D eigenvalue weighted by molar-refractivity contribution is 9.10. The Morgan fingerprint density at radius 1 is 1.38 bits per heavy atom. The van der Waals surface area contributed by atoms with Gasteiger partial charge in [-0.15, -0.1) is 5.10 Å². The summed E-state index contributed by atoms with van der Waals surface area (Å²) in [5.41, 5.74) is 6.76. The van der Waals surface area contributed by atoms with Crippen LogP contribution in [0.15, 0.2) is 10.7 Å². The Bertz CT molecular complexity index is 534. The smallest absolute Gasteiger partial charge is 0.157 e. The standard InChI is InChI=1S/C8H6BrCl2N5/c1-16-6(7(9)14-15-16)5-3(10)2-4(11)8(12)13-5/h2H,1H3,(H2,12,13). The van der Waals surface area contributed by atoms with E-state index in [1.165, 1.54) is 0 Å². The molecule has 16 heavy (non-hydrogen) atoms. The lowest BCUT2D eigenvalue weighted by molar-refractivity contribution is 0.718. The second kappa shape index (κ2) is 4.20. The van der Waals surface area contributed by atoms with Crippen molar-refractivity contribution in [2.45, 2.75) is 0 Å². The second-order valence-electron chi connectivity index (χ2n) is 3.04. The van der Waals surface area contributed by atoms with Gasteiger partial charge in [0.15, 0.2) is 4.60 Å². The van der Waals surface area contributed by atoms with E-state index >= 15 is 0 Å². The van der Waals surface area contributed by atoms with Gasteiger partial charge >= 0.3 is 0 Å². The van der Waals surface area contributed by atoms with Gasteiger partial charge in [-0.25, -0.2) is 9.67 Å². The van der Waals surface area contributed by atoms with Crippen molar-refractivity contribution in [3.63, 3.8) is 0 Å². The molecule has 0 aliphatic heterocycles. The Kier molecular flexibility index (Phi) is 3.05. The van der Waals surface area contributed by atoms with Crippen LogP contribution in [0.5, 0.6) is 0 Å². The van der Waals surface area contributed by atoms with E-state index in [0.717, 1.165) is 0 Å². The minimum absolute atomic E-state index is 0.217. The first-order valence-corrected chi connectivity index (χ1v) is 5.72. The van der Waals surface area contributed by atoms with Crippen molar-refractivity contribution >= 4 is 44.9 Å². The molecular formula is C8H6BrCl2N5. The summed E-state index contributed by atoms with van der Waals surface area (Å²) < 4.78 is 2.09. The van der Waals surface area contributed by atoms with E-state index in [9.17, 15) is 0 Å². The van der Waals surface area contributed by atoms with E-state index in [1.54, 1.807) is 17.8 Å². The van der Waals surface area contributed by atoms with Gasteiger partial charge in [0.05, 0.1) is 10.0 Å². The number of aryl methyl sites for hydroxylation is 1. The van der Waals surface area contributed by atoms with Crippen molar-refractivity contribution < 1.29 is 0 Å². The monoisotopic (exact) mass is 321 g/mol. The molecular weight excluding hydrogens is 317 g/mol. The van der Waals surface area contributed by atoms with Gasteiger partial charge in [0.1, 0.15) is 17.2 Å². The fourth-order valence-corrected chi connectivity index (χ4v) is 2.19. The number of rotatable bonds is 1. The molecule has 84 valence electrons. The Morgan fingerprint density at radius 3 is 2.62 bits per heavy atom. The van der Waals surface area contributed by atoms with Crippen molar-refractivity contribution in [2.75, 3.05) is 5.73 Å². The minimum Gasteiger partial charge on any atom is -0.382 e. The quantitative estimate of drug-likeness (QED) is 0.876. The van der Waals surface area contributed by atoms with Crippen molar-refractivity contribution in [1.82, 2.24) is 20.0 Å². The molecule has 0 aliphatic carbocycles. The molecule has 0 saturated heterocycles. The normalized spacial score (nSPS) is 10.8. The molecule has 0 fully saturated rings. The van der Waals surface area contributed by atoms with E-state index in [0.29, 0.717) is 26.0 Å². The van der Waals surface area contributed by atoms with E-state index in [-0.39, 0.29) is 5.82 Å². The second-order valence-corrected chi connectivity index (χ2v) is 4.60. The first-order chi connectivity index (χ1) is 7.50. The molecule has 2 aromatic rings. The summed E-state index contributed by atoms with van der Waals surface area (Å²) >= 11 is 15.1. The third-order valence-electron chi connectivity index (χ3n) is 1.97. The van der Waals surface area contributed by atoms with Gasteiger partial charge < -0.3 is 5.73 Å². The molecule has 0 aliphatic rings. The average Bonchev–Trinajstić information content (AvgIpc) is 2.53. The van der Waals surface area contributed by atoms with E-state index in [2.05, 4.69) is 31.2 Å². The van der Waals surface area contributed by atoms with Crippen LogP contribution in [-0.2, 0) is 7.05 Å². The zero-order valence-electron chi connectivity index (χ0n) is 8.08. The SMILES string of the molecule is Cn1nnc(Br)c1-c1nc(N)c(Cl)cc1Cl. The maximum absolute atomic E-state index is 6.04. The summed E-state index contributed by atoms with van der Waals surface area (Å²) in [5, 5.41) is 8.39. The molecule has 2 heterocycles. The van der Waals surface area contributed by atoms with Crippen LogP contribution in [0.3, 0.4) is 0 Å². The lowest BCUT2D eigenvalue weighted by Crippen LogP contribution is -1.99. The molecule has 0 radical (unpaired) electrons. The predicted molar refractivity (Wildman–Crippen MR) is 66.4 cm³/mol. The number of halogens is 3. The van der Waals surface area contributed by atoms with Crippen LogP contribution in [-0.4, -0.2) is 20.0 Å². The van der Waals surface area contributed by atoms with Gasteiger partial charge in [-0.05, 0) is 22.0 Å². The molecule has 2 rings (SSSR count).